The number of urea groups is 1. The Morgan fingerprint density at radius 2 is 2.08 bits per heavy atom. The van der Waals surface area contributed by atoms with E-state index >= 15 is 0 Å². The number of likely N-dealkylation sites (tertiary alicyclic amines) is 1. The Balaban J connectivity index is 1.81. The summed E-state index contributed by atoms with van der Waals surface area (Å²) in [5.74, 6) is -0.100. The van der Waals surface area contributed by atoms with Gasteiger partial charge in [-0.1, -0.05) is 12.1 Å². The van der Waals surface area contributed by atoms with Crippen LogP contribution < -0.4 is 10.6 Å². The van der Waals surface area contributed by atoms with Gasteiger partial charge in [0.15, 0.2) is 0 Å². The second kappa shape index (κ2) is 8.85. The van der Waals surface area contributed by atoms with Crippen molar-refractivity contribution < 1.29 is 14.3 Å². The molecule has 6 nitrogen and oxygen atoms in total. The molecule has 25 heavy (non-hydrogen) atoms. The van der Waals surface area contributed by atoms with Gasteiger partial charge in [0.25, 0.3) is 5.91 Å². The third-order valence-electron chi connectivity index (χ3n) is 4.93. The van der Waals surface area contributed by atoms with Gasteiger partial charge < -0.3 is 20.3 Å². The molecule has 0 unspecified atom stereocenters. The molecule has 0 aromatic heterocycles. The summed E-state index contributed by atoms with van der Waals surface area (Å²) in [6, 6.07) is 7.45. The van der Waals surface area contributed by atoms with Crippen molar-refractivity contribution in [1.29, 1.82) is 0 Å². The highest BCUT2D eigenvalue weighted by atomic mass is 16.5. The van der Waals surface area contributed by atoms with Crippen LogP contribution in [0, 0.1) is 0 Å². The molecule has 0 aliphatic carbocycles. The fraction of sp³-hybridized carbons (Fsp3) is 0.579. The Kier molecular flexibility index (Phi) is 6.82. The lowest BCUT2D eigenvalue weighted by atomic mass is 9.97. The fourth-order valence-corrected chi connectivity index (χ4v) is 3.10. The van der Waals surface area contributed by atoms with E-state index in [1.165, 1.54) is 0 Å². The van der Waals surface area contributed by atoms with Crippen molar-refractivity contribution in [1.82, 2.24) is 15.5 Å². The Hall–Kier alpha value is -2.08. The average molecular weight is 347 g/mol. The summed E-state index contributed by atoms with van der Waals surface area (Å²) >= 11 is 0. The number of methoxy groups -OCH3 is 1. The average Bonchev–Trinajstić information content (AvgIpc) is 2.83. The SMILES string of the molecule is CNC(=O)c1cccc(CCNC(=O)N2CCC[C@](C)(OC)CC2)c1. The molecule has 2 N–H and O–H groups in total. The van der Waals surface area contributed by atoms with Crippen molar-refractivity contribution in [3.05, 3.63) is 35.4 Å². The number of hydrogen-bond acceptors (Lipinski definition) is 3. The number of nitrogens with zero attached hydrogens (tertiary/aromatic N) is 1. The fourth-order valence-electron chi connectivity index (χ4n) is 3.10. The molecular formula is C19H29N3O3. The van der Waals surface area contributed by atoms with Crippen LogP contribution in [0.15, 0.2) is 24.3 Å². The maximum absolute atomic E-state index is 12.4. The summed E-state index contributed by atoms with van der Waals surface area (Å²) in [4.78, 5) is 25.9. The highest BCUT2D eigenvalue weighted by Gasteiger charge is 2.28. The molecule has 6 heteroatoms. The van der Waals surface area contributed by atoms with E-state index < -0.39 is 0 Å². The third kappa shape index (κ3) is 5.46. The Labute approximate surface area is 149 Å². The molecular weight excluding hydrogens is 318 g/mol. The molecule has 1 heterocycles. The van der Waals surface area contributed by atoms with Crippen molar-refractivity contribution in [2.75, 3.05) is 33.8 Å². The topological polar surface area (TPSA) is 70.7 Å². The van der Waals surface area contributed by atoms with Crippen molar-refractivity contribution in [2.24, 2.45) is 0 Å². The van der Waals surface area contributed by atoms with Gasteiger partial charge in [0, 0.05) is 39.4 Å². The first-order valence-electron chi connectivity index (χ1n) is 8.86. The number of carbonyl (C=O) groups is 2. The molecule has 1 fully saturated rings. The zero-order valence-electron chi connectivity index (χ0n) is 15.4. The standard InChI is InChI=1S/C19H29N3O3/c1-19(25-3)9-5-12-22(13-10-19)18(24)21-11-8-15-6-4-7-16(14-15)17(23)20-2/h4,6-7,14H,5,8-13H2,1-3H3,(H,20,23)(H,21,24)/t19-/m0/s1. The normalized spacial score (nSPS) is 20.7. The van der Waals surface area contributed by atoms with Crippen molar-refractivity contribution in [3.63, 3.8) is 0 Å². The number of amides is 3. The van der Waals surface area contributed by atoms with Gasteiger partial charge in [-0.15, -0.1) is 0 Å². The van der Waals surface area contributed by atoms with Crippen LogP contribution in [0.5, 0.6) is 0 Å². The maximum Gasteiger partial charge on any atom is 0.317 e. The highest BCUT2D eigenvalue weighted by Crippen LogP contribution is 2.24. The smallest absolute Gasteiger partial charge is 0.317 e. The maximum atomic E-state index is 12.4. The van der Waals surface area contributed by atoms with Crippen LogP contribution in [0.2, 0.25) is 0 Å². The summed E-state index contributed by atoms with van der Waals surface area (Å²) in [5, 5.41) is 5.60. The van der Waals surface area contributed by atoms with Gasteiger partial charge in [-0.2, -0.15) is 0 Å². The van der Waals surface area contributed by atoms with Crippen LogP contribution in [-0.4, -0.2) is 56.2 Å². The van der Waals surface area contributed by atoms with Crippen LogP contribution in [0.3, 0.4) is 0 Å². The highest BCUT2D eigenvalue weighted by molar-refractivity contribution is 5.94. The second-order valence-electron chi connectivity index (χ2n) is 6.76. The van der Waals surface area contributed by atoms with Crippen molar-refractivity contribution >= 4 is 11.9 Å². The van der Waals surface area contributed by atoms with Crippen LogP contribution in [0.25, 0.3) is 0 Å². The lowest BCUT2D eigenvalue weighted by Gasteiger charge is -2.26. The first kappa shape index (κ1) is 19.2. The molecule has 1 atom stereocenters. The zero-order valence-corrected chi connectivity index (χ0v) is 15.4. The lowest BCUT2D eigenvalue weighted by molar-refractivity contribution is -0.00499. The van der Waals surface area contributed by atoms with Crippen LogP contribution in [0.4, 0.5) is 4.79 Å². The molecule has 1 saturated heterocycles. The van der Waals surface area contributed by atoms with Gasteiger partial charge in [0.05, 0.1) is 5.60 Å². The van der Waals surface area contributed by atoms with E-state index in [1.54, 1.807) is 20.2 Å². The molecule has 0 spiro atoms. The Morgan fingerprint density at radius 1 is 1.28 bits per heavy atom. The minimum atomic E-state index is -0.130. The Morgan fingerprint density at radius 3 is 2.80 bits per heavy atom. The summed E-state index contributed by atoms with van der Waals surface area (Å²) in [6.45, 7) is 4.13. The zero-order chi connectivity index (χ0) is 18.3. The predicted octanol–water partition coefficient (Wildman–Crippen LogP) is 2.19. The quantitative estimate of drug-likeness (QED) is 0.858. The summed E-state index contributed by atoms with van der Waals surface area (Å²) in [6.07, 6.45) is 3.47. The molecule has 1 aliphatic heterocycles. The number of benzene rings is 1. The second-order valence-corrected chi connectivity index (χ2v) is 6.76. The Bertz CT molecular complexity index is 605. The molecule has 1 aromatic carbocycles. The third-order valence-corrected chi connectivity index (χ3v) is 4.93. The van der Waals surface area contributed by atoms with Gasteiger partial charge in [0.2, 0.25) is 0 Å². The molecule has 1 aromatic rings. The molecule has 1 aliphatic rings. The first-order chi connectivity index (χ1) is 12.0. The van der Waals surface area contributed by atoms with Gasteiger partial charge >= 0.3 is 6.03 Å². The minimum absolute atomic E-state index is 0.0252. The number of nitrogens with one attached hydrogen (secondary N) is 2. The minimum Gasteiger partial charge on any atom is -0.378 e. The van der Waals surface area contributed by atoms with Crippen molar-refractivity contribution in [2.45, 2.75) is 38.2 Å². The summed E-state index contributed by atoms with van der Waals surface area (Å²) in [5.41, 5.74) is 1.54. The summed E-state index contributed by atoms with van der Waals surface area (Å²) in [7, 11) is 3.35. The van der Waals surface area contributed by atoms with E-state index in [9.17, 15) is 9.59 Å². The molecule has 138 valence electrons. The monoisotopic (exact) mass is 347 g/mol. The van der Waals surface area contributed by atoms with Gasteiger partial charge in [-0.05, 0) is 50.3 Å². The largest absolute Gasteiger partial charge is 0.378 e. The van der Waals surface area contributed by atoms with Crippen LogP contribution in [0.1, 0.15) is 42.1 Å². The molecule has 3 amide bonds. The molecule has 0 saturated carbocycles. The number of carbonyl (C=O) groups excluding carboxylic acids is 2. The van der Waals surface area contributed by atoms with Gasteiger partial charge in [-0.3, -0.25) is 4.79 Å². The lowest BCUT2D eigenvalue weighted by Crippen LogP contribution is -2.41. The van der Waals surface area contributed by atoms with Crippen molar-refractivity contribution in [3.8, 4) is 0 Å². The summed E-state index contributed by atoms with van der Waals surface area (Å²) < 4.78 is 5.57. The number of ether oxygens (including phenoxy) is 1. The van der Waals surface area contributed by atoms with E-state index in [0.29, 0.717) is 25.1 Å². The van der Waals surface area contributed by atoms with Gasteiger partial charge in [-0.25, -0.2) is 4.79 Å². The number of hydrogen-bond donors (Lipinski definition) is 2. The van der Waals surface area contributed by atoms with E-state index in [0.717, 1.165) is 31.4 Å². The van der Waals surface area contributed by atoms with Crippen LogP contribution >= 0.6 is 0 Å². The molecule has 2 rings (SSSR count). The predicted molar refractivity (Wildman–Crippen MR) is 97.8 cm³/mol. The molecule has 0 radical (unpaired) electrons. The molecule has 0 bridgehead atoms. The van der Waals surface area contributed by atoms with E-state index in [-0.39, 0.29) is 17.5 Å². The van der Waals surface area contributed by atoms with Crippen LogP contribution in [-0.2, 0) is 11.2 Å². The van der Waals surface area contributed by atoms with E-state index in [4.69, 9.17) is 4.74 Å². The number of rotatable bonds is 5. The van der Waals surface area contributed by atoms with Gasteiger partial charge in [0.1, 0.15) is 0 Å². The van der Waals surface area contributed by atoms with E-state index in [1.807, 2.05) is 23.1 Å². The first-order valence-corrected chi connectivity index (χ1v) is 8.86. The van der Waals surface area contributed by atoms with E-state index in [2.05, 4.69) is 17.6 Å².